The van der Waals surface area contributed by atoms with E-state index in [4.69, 9.17) is 4.74 Å². The Bertz CT molecular complexity index is 579. The highest BCUT2D eigenvalue weighted by molar-refractivity contribution is 5.81. The summed E-state index contributed by atoms with van der Waals surface area (Å²) in [6.07, 6.45) is 8.38. The quantitative estimate of drug-likeness (QED) is 0.793. The number of piperidine rings is 1. The maximum atomic E-state index is 12.4. The minimum absolute atomic E-state index is 0.157. The lowest BCUT2D eigenvalue weighted by Gasteiger charge is -2.40. The molecule has 0 radical (unpaired) electrons. The molecule has 4 rings (SSSR count). The molecule has 2 aliphatic heterocycles. The molecule has 3 aliphatic rings. The van der Waals surface area contributed by atoms with Crippen molar-refractivity contribution in [2.45, 2.75) is 37.2 Å². The third kappa shape index (κ3) is 2.11. The average molecular weight is 283 g/mol. The van der Waals surface area contributed by atoms with Crippen LogP contribution in [-0.2, 0) is 14.9 Å². The molecule has 1 spiro atoms. The Morgan fingerprint density at radius 3 is 2.81 bits per heavy atom. The second-order valence-corrected chi connectivity index (χ2v) is 6.40. The summed E-state index contributed by atoms with van der Waals surface area (Å²) in [6, 6.07) is 8.65. The summed E-state index contributed by atoms with van der Waals surface area (Å²) in [5.74, 6) is 0.206. The maximum absolute atomic E-state index is 12.4. The number of likely N-dealkylation sites (tertiary alicyclic amines) is 1. The number of ether oxygens (including phenoxy) is 1. The van der Waals surface area contributed by atoms with Crippen LogP contribution in [0.2, 0.25) is 0 Å². The normalized spacial score (nSPS) is 26.3. The van der Waals surface area contributed by atoms with Gasteiger partial charge in [-0.2, -0.15) is 0 Å². The van der Waals surface area contributed by atoms with Gasteiger partial charge in [0.2, 0.25) is 0 Å². The molecular weight excluding hydrogens is 262 g/mol. The van der Waals surface area contributed by atoms with Crippen LogP contribution in [0.3, 0.4) is 0 Å². The second kappa shape index (κ2) is 4.99. The van der Waals surface area contributed by atoms with Crippen molar-refractivity contribution in [1.29, 1.82) is 0 Å². The van der Waals surface area contributed by atoms with Crippen LogP contribution in [0.1, 0.15) is 36.8 Å². The summed E-state index contributed by atoms with van der Waals surface area (Å²) in [5, 5.41) is 0. The van der Waals surface area contributed by atoms with Gasteiger partial charge >= 0.3 is 0 Å². The van der Waals surface area contributed by atoms with Crippen LogP contribution in [0.25, 0.3) is 6.08 Å². The zero-order valence-corrected chi connectivity index (χ0v) is 12.3. The number of allylic oxidation sites excluding steroid dienone is 1. The van der Waals surface area contributed by atoms with Gasteiger partial charge in [-0.1, -0.05) is 36.4 Å². The molecule has 0 unspecified atom stereocenters. The fourth-order valence-corrected chi connectivity index (χ4v) is 3.97. The fraction of sp³-hybridized carbons (Fsp3) is 0.500. The third-order valence-corrected chi connectivity index (χ3v) is 5.25. The molecule has 110 valence electrons. The largest absolute Gasteiger partial charge is 0.368 e. The Kier molecular flexibility index (Phi) is 3.11. The summed E-state index contributed by atoms with van der Waals surface area (Å²) in [6.45, 7) is 2.43. The number of carbonyl (C=O) groups excluding carboxylic acids is 1. The molecule has 3 heteroatoms. The fourth-order valence-electron chi connectivity index (χ4n) is 3.97. The molecule has 1 atom stereocenters. The van der Waals surface area contributed by atoms with Gasteiger partial charge in [-0.25, -0.2) is 0 Å². The minimum atomic E-state index is -0.176. The van der Waals surface area contributed by atoms with Gasteiger partial charge in [-0.05, 0) is 36.8 Å². The van der Waals surface area contributed by atoms with Crippen LogP contribution in [0, 0.1) is 0 Å². The predicted octanol–water partition coefficient (Wildman–Crippen LogP) is 2.75. The van der Waals surface area contributed by atoms with E-state index < -0.39 is 0 Å². The molecule has 21 heavy (non-hydrogen) atoms. The van der Waals surface area contributed by atoms with Crippen LogP contribution in [0.5, 0.6) is 0 Å². The predicted molar refractivity (Wildman–Crippen MR) is 81.9 cm³/mol. The van der Waals surface area contributed by atoms with Gasteiger partial charge in [0.1, 0.15) is 6.10 Å². The van der Waals surface area contributed by atoms with Gasteiger partial charge in [0, 0.05) is 25.1 Å². The first-order chi connectivity index (χ1) is 10.3. The van der Waals surface area contributed by atoms with Crippen LogP contribution in [0.15, 0.2) is 30.3 Å². The molecule has 2 heterocycles. The first-order valence-electron chi connectivity index (χ1n) is 7.98. The summed E-state index contributed by atoms with van der Waals surface area (Å²) >= 11 is 0. The van der Waals surface area contributed by atoms with Crippen molar-refractivity contribution >= 4 is 12.0 Å². The van der Waals surface area contributed by atoms with E-state index in [0.29, 0.717) is 0 Å². The van der Waals surface area contributed by atoms with E-state index in [0.717, 1.165) is 45.4 Å². The second-order valence-electron chi connectivity index (χ2n) is 6.40. The zero-order valence-electron chi connectivity index (χ0n) is 12.3. The van der Waals surface area contributed by atoms with Gasteiger partial charge in [-0.3, -0.25) is 4.79 Å². The van der Waals surface area contributed by atoms with Crippen molar-refractivity contribution in [2.75, 3.05) is 19.7 Å². The highest BCUT2D eigenvalue weighted by Gasteiger charge is 2.40. The topological polar surface area (TPSA) is 29.5 Å². The number of nitrogens with zero attached hydrogens (tertiary/aromatic N) is 1. The van der Waals surface area contributed by atoms with E-state index in [1.54, 1.807) is 0 Å². The molecule has 3 nitrogen and oxygen atoms in total. The number of amides is 1. The smallest absolute Gasteiger partial charge is 0.251 e. The standard InChI is InChI=1S/C18H21NO2/c20-17(16-6-3-13-21-16)19-11-9-18(10-12-19)8-7-14-4-1-2-5-15(14)18/h1-2,4-5,7-8,16H,3,6,9-13H2/t16-/m1/s1. The number of benzene rings is 1. The molecule has 1 aromatic rings. The van der Waals surface area contributed by atoms with E-state index in [2.05, 4.69) is 36.4 Å². The van der Waals surface area contributed by atoms with Gasteiger partial charge in [0.15, 0.2) is 0 Å². The van der Waals surface area contributed by atoms with Crippen molar-refractivity contribution in [3.8, 4) is 0 Å². The molecule has 1 amide bonds. The molecule has 0 bridgehead atoms. The van der Waals surface area contributed by atoms with Crippen molar-refractivity contribution < 1.29 is 9.53 Å². The third-order valence-electron chi connectivity index (χ3n) is 5.25. The van der Waals surface area contributed by atoms with E-state index in [1.165, 1.54) is 11.1 Å². The zero-order chi connectivity index (χ0) is 14.3. The highest BCUT2D eigenvalue weighted by atomic mass is 16.5. The van der Waals surface area contributed by atoms with Crippen LogP contribution in [-0.4, -0.2) is 36.6 Å². The molecule has 1 aliphatic carbocycles. The van der Waals surface area contributed by atoms with Gasteiger partial charge in [0.25, 0.3) is 5.91 Å². The molecule has 0 N–H and O–H groups in total. The summed E-state index contributed by atoms with van der Waals surface area (Å²) in [5.41, 5.74) is 2.94. The number of fused-ring (bicyclic) bond motifs is 2. The molecule has 2 fully saturated rings. The van der Waals surface area contributed by atoms with E-state index >= 15 is 0 Å². The van der Waals surface area contributed by atoms with Crippen molar-refractivity contribution in [1.82, 2.24) is 4.90 Å². The van der Waals surface area contributed by atoms with Crippen LogP contribution in [0.4, 0.5) is 0 Å². The maximum Gasteiger partial charge on any atom is 0.251 e. The first kappa shape index (κ1) is 13.1. The average Bonchev–Trinajstić information content (AvgIpc) is 3.17. The van der Waals surface area contributed by atoms with E-state index in [1.807, 2.05) is 4.90 Å². The number of hydrogen-bond donors (Lipinski definition) is 0. The van der Waals surface area contributed by atoms with Crippen LogP contribution < -0.4 is 0 Å². The highest BCUT2D eigenvalue weighted by Crippen LogP contribution is 2.43. The van der Waals surface area contributed by atoms with Gasteiger partial charge in [-0.15, -0.1) is 0 Å². The SMILES string of the molecule is O=C([C@H]1CCCO1)N1CCC2(C=Cc3ccccc32)CC1. The Hall–Kier alpha value is -1.61. The molecule has 1 aromatic carbocycles. The van der Waals surface area contributed by atoms with Crippen molar-refractivity contribution in [3.05, 3.63) is 41.5 Å². The number of carbonyl (C=O) groups is 1. The molecular formula is C18H21NO2. The molecule has 0 saturated carbocycles. The van der Waals surface area contributed by atoms with Crippen LogP contribution >= 0.6 is 0 Å². The summed E-state index contributed by atoms with van der Waals surface area (Å²) < 4.78 is 5.54. The minimum Gasteiger partial charge on any atom is -0.368 e. The summed E-state index contributed by atoms with van der Waals surface area (Å²) in [4.78, 5) is 14.4. The van der Waals surface area contributed by atoms with Crippen molar-refractivity contribution in [2.24, 2.45) is 0 Å². The monoisotopic (exact) mass is 283 g/mol. The van der Waals surface area contributed by atoms with Gasteiger partial charge in [0.05, 0.1) is 0 Å². The summed E-state index contributed by atoms with van der Waals surface area (Å²) in [7, 11) is 0. The lowest BCUT2D eigenvalue weighted by atomic mass is 9.74. The number of hydrogen-bond acceptors (Lipinski definition) is 2. The Morgan fingerprint density at radius 2 is 2.05 bits per heavy atom. The lowest BCUT2D eigenvalue weighted by Crippen LogP contribution is -2.47. The Labute approximate surface area is 125 Å². The number of rotatable bonds is 1. The van der Waals surface area contributed by atoms with Gasteiger partial charge < -0.3 is 9.64 Å². The molecule has 0 aromatic heterocycles. The first-order valence-corrected chi connectivity index (χ1v) is 7.98. The Morgan fingerprint density at radius 1 is 1.24 bits per heavy atom. The Balaban J connectivity index is 1.48. The molecule has 2 saturated heterocycles. The van der Waals surface area contributed by atoms with Crippen molar-refractivity contribution in [3.63, 3.8) is 0 Å². The lowest BCUT2D eigenvalue weighted by molar-refractivity contribution is -0.142. The van der Waals surface area contributed by atoms with E-state index in [-0.39, 0.29) is 17.4 Å². The van der Waals surface area contributed by atoms with E-state index in [9.17, 15) is 4.79 Å².